The summed E-state index contributed by atoms with van der Waals surface area (Å²) < 4.78 is 5.28. The van der Waals surface area contributed by atoms with E-state index in [4.69, 9.17) is 4.74 Å². The maximum atomic E-state index is 12.7. The van der Waals surface area contributed by atoms with Crippen molar-refractivity contribution in [1.82, 2.24) is 10.2 Å². The molecule has 0 saturated carbocycles. The maximum absolute atomic E-state index is 12.7. The SMILES string of the molecule is C[C@H]1C[C@H]2CC[C@@H](C)N2C(=O)[C@@H](NC(=O)OC(C)(C)C)C1. The summed E-state index contributed by atoms with van der Waals surface area (Å²) in [6.07, 6.45) is 3.36. The predicted molar refractivity (Wildman–Crippen MR) is 80.9 cm³/mol. The van der Waals surface area contributed by atoms with Crippen LogP contribution in [0.25, 0.3) is 0 Å². The molecule has 4 atom stereocenters. The summed E-state index contributed by atoms with van der Waals surface area (Å²) >= 11 is 0. The van der Waals surface area contributed by atoms with Crippen molar-refractivity contribution >= 4 is 12.0 Å². The highest BCUT2D eigenvalue weighted by Crippen LogP contribution is 2.33. The summed E-state index contributed by atoms with van der Waals surface area (Å²) in [5.74, 6) is 0.481. The van der Waals surface area contributed by atoms with Crippen LogP contribution in [0.15, 0.2) is 0 Å². The standard InChI is InChI=1S/C16H28N2O3/c1-10-8-12-7-6-11(2)18(12)14(19)13(9-10)17-15(20)21-16(3,4)5/h10-13H,6-9H2,1-5H3,(H,17,20)/t10-,11+,12+,13-/m0/s1. The number of amides is 2. The lowest BCUT2D eigenvalue weighted by Gasteiger charge is -2.29. The van der Waals surface area contributed by atoms with E-state index in [1.54, 1.807) is 0 Å². The van der Waals surface area contributed by atoms with Crippen LogP contribution in [0, 0.1) is 5.92 Å². The molecule has 0 unspecified atom stereocenters. The van der Waals surface area contributed by atoms with Crippen LogP contribution in [-0.2, 0) is 9.53 Å². The second kappa shape index (κ2) is 5.85. The molecule has 2 heterocycles. The second-order valence-electron chi connectivity index (χ2n) is 7.60. The number of nitrogens with zero attached hydrogens (tertiary/aromatic N) is 1. The van der Waals surface area contributed by atoms with Gasteiger partial charge in [-0.2, -0.15) is 0 Å². The van der Waals surface area contributed by atoms with Crippen molar-refractivity contribution in [3.05, 3.63) is 0 Å². The Morgan fingerprint density at radius 3 is 2.52 bits per heavy atom. The molecule has 0 bridgehead atoms. The van der Waals surface area contributed by atoms with Gasteiger partial charge in [0, 0.05) is 12.1 Å². The lowest BCUT2D eigenvalue weighted by molar-refractivity contribution is -0.135. The van der Waals surface area contributed by atoms with Crippen molar-refractivity contribution in [2.75, 3.05) is 0 Å². The molecule has 120 valence electrons. The number of alkyl carbamates (subject to hydrolysis) is 1. The summed E-state index contributed by atoms with van der Waals surface area (Å²) in [6.45, 7) is 9.72. The van der Waals surface area contributed by atoms with Crippen LogP contribution in [0.1, 0.15) is 60.3 Å². The van der Waals surface area contributed by atoms with Gasteiger partial charge in [-0.15, -0.1) is 0 Å². The highest BCUT2D eigenvalue weighted by molar-refractivity contribution is 5.86. The maximum Gasteiger partial charge on any atom is 0.408 e. The van der Waals surface area contributed by atoms with Crippen LogP contribution in [0.5, 0.6) is 0 Å². The minimum absolute atomic E-state index is 0.0557. The van der Waals surface area contributed by atoms with Gasteiger partial charge in [0.2, 0.25) is 5.91 Å². The zero-order valence-electron chi connectivity index (χ0n) is 13.8. The Bertz CT molecular complexity index is 416. The van der Waals surface area contributed by atoms with Gasteiger partial charge in [0.1, 0.15) is 11.6 Å². The van der Waals surface area contributed by atoms with Crippen LogP contribution in [-0.4, -0.2) is 40.6 Å². The Hall–Kier alpha value is -1.26. The summed E-state index contributed by atoms with van der Waals surface area (Å²) in [5, 5.41) is 2.78. The number of hydrogen-bond acceptors (Lipinski definition) is 3. The number of rotatable bonds is 1. The molecule has 0 aromatic heterocycles. The van der Waals surface area contributed by atoms with Gasteiger partial charge in [0.05, 0.1) is 0 Å². The molecular formula is C16H28N2O3. The highest BCUT2D eigenvalue weighted by atomic mass is 16.6. The van der Waals surface area contributed by atoms with Gasteiger partial charge in [0.15, 0.2) is 0 Å². The molecule has 1 N–H and O–H groups in total. The first-order valence-corrected chi connectivity index (χ1v) is 7.99. The number of carbonyl (C=O) groups is 2. The van der Waals surface area contributed by atoms with Crippen LogP contribution in [0.3, 0.4) is 0 Å². The number of fused-ring (bicyclic) bond motifs is 1. The average molecular weight is 296 g/mol. The summed E-state index contributed by atoms with van der Waals surface area (Å²) in [5.41, 5.74) is -0.549. The Kier molecular flexibility index (Phi) is 4.49. The zero-order chi connectivity index (χ0) is 15.8. The molecule has 0 aliphatic carbocycles. The molecule has 2 aliphatic rings. The molecule has 0 radical (unpaired) electrons. The lowest BCUT2D eigenvalue weighted by Crippen LogP contribution is -2.51. The Morgan fingerprint density at radius 1 is 1.24 bits per heavy atom. The molecule has 0 aromatic rings. The van der Waals surface area contributed by atoms with Crippen LogP contribution < -0.4 is 5.32 Å². The average Bonchev–Trinajstić information content (AvgIpc) is 2.60. The third-order valence-electron chi connectivity index (χ3n) is 4.34. The van der Waals surface area contributed by atoms with E-state index in [-0.39, 0.29) is 11.9 Å². The van der Waals surface area contributed by atoms with E-state index in [0.29, 0.717) is 18.4 Å². The van der Waals surface area contributed by atoms with Gasteiger partial charge in [-0.25, -0.2) is 4.79 Å². The van der Waals surface area contributed by atoms with Gasteiger partial charge in [-0.3, -0.25) is 4.79 Å². The largest absolute Gasteiger partial charge is 0.444 e. The number of nitrogens with one attached hydrogen (secondary N) is 1. The quantitative estimate of drug-likeness (QED) is 0.809. The van der Waals surface area contributed by atoms with Crippen molar-refractivity contribution in [2.45, 2.75) is 84.0 Å². The normalized spacial score (nSPS) is 33.4. The van der Waals surface area contributed by atoms with Crippen molar-refractivity contribution in [3.63, 3.8) is 0 Å². The van der Waals surface area contributed by atoms with E-state index in [1.807, 2.05) is 25.7 Å². The van der Waals surface area contributed by atoms with Crippen LogP contribution >= 0.6 is 0 Å². The molecule has 5 nitrogen and oxygen atoms in total. The van der Waals surface area contributed by atoms with Gasteiger partial charge in [-0.05, 0) is 59.3 Å². The van der Waals surface area contributed by atoms with E-state index in [1.165, 1.54) is 0 Å². The van der Waals surface area contributed by atoms with E-state index in [2.05, 4.69) is 19.2 Å². The van der Waals surface area contributed by atoms with Crippen LogP contribution in [0.4, 0.5) is 4.79 Å². The number of ether oxygens (including phenoxy) is 1. The third kappa shape index (κ3) is 3.89. The minimum Gasteiger partial charge on any atom is -0.444 e. The van der Waals surface area contributed by atoms with Gasteiger partial charge in [-0.1, -0.05) is 6.92 Å². The Labute approximate surface area is 127 Å². The van der Waals surface area contributed by atoms with Crippen molar-refractivity contribution in [3.8, 4) is 0 Å². The Morgan fingerprint density at radius 2 is 1.90 bits per heavy atom. The molecule has 2 amide bonds. The van der Waals surface area contributed by atoms with Gasteiger partial charge >= 0.3 is 6.09 Å². The topological polar surface area (TPSA) is 58.6 Å². The monoisotopic (exact) mass is 296 g/mol. The van der Waals surface area contributed by atoms with E-state index >= 15 is 0 Å². The smallest absolute Gasteiger partial charge is 0.408 e. The fourth-order valence-corrected chi connectivity index (χ4v) is 3.51. The molecule has 5 heteroatoms. The zero-order valence-corrected chi connectivity index (χ0v) is 13.8. The first-order valence-electron chi connectivity index (χ1n) is 7.99. The minimum atomic E-state index is -0.549. The second-order valence-corrected chi connectivity index (χ2v) is 7.60. The summed E-state index contributed by atoms with van der Waals surface area (Å²) in [4.78, 5) is 26.7. The third-order valence-corrected chi connectivity index (χ3v) is 4.34. The number of carbonyl (C=O) groups excluding carboxylic acids is 2. The molecule has 2 fully saturated rings. The first-order chi connectivity index (χ1) is 9.67. The molecule has 2 aliphatic heterocycles. The predicted octanol–water partition coefficient (Wildman–Crippen LogP) is 2.69. The fourth-order valence-electron chi connectivity index (χ4n) is 3.51. The summed E-state index contributed by atoms with van der Waals surface area (Å²) in [7, 11) is 0. The highest BCUT2D eigenvalue weighted by Gasteiger charge is 2.42. The lowest BCUT2D eigenvalue weighted by atomic mass is 9.96. The van der Waals surface area contributed by atoms with E-state index < -0.39 is 17.7 Å². The molecule has 2 saturated heterocycles. The fraction of sp³-hybridized carbons (Fsp3) is 0.875. The summed E-state index contributed by atoms with van der Waals surface area (Å²) in [6, 6.07) is 0.157. The first kappa shape index (κ1) is 16.1. The number of hydrogen-bond donors (Lipinski definition) is 1. The molecule has 21 heavy (non-hydrogen) atoms. The van der Waals surface area contributed by atoms with Gasteiger partial charge in [0.25, 0.3) is 0 Å². The Balaban J connectivity index is 2.07. The van der Waals surface area contributed by atoms with Crippen molar-refractivity contribution in [2.24, 2.45) is 5.92 Å². The van der Waals surface area contributed by atoms with E-state index in [9.17, 15) is 9.59 Å². The molecular weight excluding hydrogens is 268 g/mol. The van der Waals surface area contributed by atoms with E-state index in [0.717, 1.165) is 19.3 Å². The van der Waals surface area contributed by atoms with Crippen molar-refractivity contribution < 1.29 is 14.3 Å². The molecule has 2 rings (SSSR count). The van der Waals surface area contributed by atoms with Crippen LogP contribution in [0.2, 0.25) is 0 Å². The molecule has 0 spiro atoms. The van der Waals surface area contributed by atoms with Gasteiger partial charge < -0.3 is 15.0 Å². The van der Waals surface area contributed by atoms with Crippen molar-refractivity contribution in [1.29, 1.82) is 0 Å². The molecule has 0 aromatic carbocycles.